The van der Waals surface area contributed by atoms with Gasteiger partial charge in [-0.05, 0) is 56.6 Å². The largest absolute Gasteiger partial charge is 0.493 e. The van der Waals surface area contributed by atoms with Crippen LogP contribution in [0.25, 0.3) is 0 Å². The molecule has 0 aromatic heterocycles. The average molecular weight is 385 g/mol. The number of nitrogens with zero attached hydrogens (tertiary/aromatic N) is 1. The van der Waals surface area contributed by atoms with Gasteiger partial charge in [0.2, 0.25) is 5.60 Å². The second kappa shape index (κ2) is 8.20. The van der Waals surface area contributed by atoms with Crippen LogP contribution in [0.15, 0.2) is 42.5 Å². The van der Waals surface area contributed by atoms with E-state index < -0.39 is 11.6 Å². The number of benzene rings is 2. The maximum atomic E-state index is 12.3. The maximum Gasteiger partial charge on any atom is 0.345 e. The van der Waals surface area contributed by atoms with Crippen molar-refractivity contribution >= 4 is 5.97 Å². The standard InChI is InChI=1S/C22H27NO5/c1-23-12-10-15(11-13-23)17-6-4-5-7-18(17)22(26,21(24)25)16-8-9-19(27-2)20(14-16)28-3/h4-9,14-15,26H,10-13H2,1-3H3,(H,24,25). The van der Waals surface area contributed by atoms with Gasteiger partial charge in [0, 0.05) is 11.1 Å². The number of hydrogen-bond donors (Lipinski definition) is 2. The van der Waals surface area contributed by atoms with Crippen LogP contribution in [-0.2, 0) is 10.4 Å². The highest BCUT2D eigenvalue weighted by molar-refractivity contribution is 5.84. The molecule has 2 aromatic carbocycles. The highest BCUT2D eigenvalue weighted by Gasteiger charge is 2.43. The van der Waals surface area contributed by atoms with E-state index in [4.69, 9.17) is 9.47 Å². The molecular formula is C22H27NO5. The summed E-state index contributed by atoms with van der Waals surface area (Å²) >= 11 is 0. The molecule has 28 heavy (non-hydrogen) atoms. The third kappa shape index (κ3) is 3.57. The van der Waals surface area contributed by atoms with Gasteiger partial charge in [-0.3, -0.25) is 0 Å². The zero-order chi connectivity index (χ0) is 20.3. The summed E-state index contributed by atoms with van der Waals surface area (Å²) in [7, 11) is 5.07. The van der Waals surface area contributed by atoms with E-state index in [-0.39, 0.29) is 11.5 Å². The minimum Gasteiger partial charge on any atom is -0.493 e. The molecule has 0 spiro atoms. The zero-order valence-corrected chi connectivity index (χ0v) is 16.5. The molecule has 0 amide bonds. The van der Waals surface area contributed by atoms with Crippen molar-refractivity contribution < 1.29 is 24.5 Å². The van der Waals surface area contributed by atoms with Crippen molar-refractivity contribution in [3.05, 3.63) is 59.2 Å². The Balaban J connectivity index is 2.12. The fraction of sp³-hybridized carbons (Fsp3) is 0.409. The van der Waals surface area contributed by atoms with Gasteiger partial charge in [0.25, 0.3) is 0 Å². The molecule has 1 fully saturated rings. The van der Waals surface area contributed by atoms with E-state index in [1.165, 1.54) is 20.3 Å². The molecule has 6 heteroatoms. The number of carbonyl (C=O) groups is 1. The van der Waals surface area contributed by atoms with Crippen molar-refractivity contribution in [3.8, 4) is 11.5 Å². The van der Waals surface area contributed by atoms with E-state index in [2.05, 4.69) is 11.9 Å². The third-order valence-electron chi connectivity index (χ3n) is 5.62. The zero-order valence-electron chi connectivity index (χ0n) is 16.5. The molecule has 2 N–H and O–H groups in total. The van der Waals surface area contributed by atoms with Crippen LogP contribution in [0.2, 0.25) is 0 Å². The first-order valence-corrected chi connectivity index (χ1v) is 9.38. The lowest BCUT2D eigenvalue weighted by atomic mass is 9.78. The number of piperidine rings is 1. The lowest BCUT2D eigenvalue weighted by Gasteiger charge is -2.33. The second-order valence-electron chi connectivity index (χ2n) is 7.25. The lowest BCUT2D eigenvalue weighted by molar-refractivity contribution is -0.155. The summed E-state index contributed by atoms with van der Waals surface area (Å²) in [6, 6.07) is 12.0. The Morgan fingerprint density at radius 2 is 1.71 bits per heavy atom. The monoisotopic (exact) mass is 385 g/mol. The van der Waals surface area contributed by atoms with Crippen molar-refractivity contribution in [3.63, 3.8) is 0 Å². The Bertz CT molecular complexity index is 845. The van der Waals surface area contributed by atoms with E-state index in [0.29, 0.717) is 17.1 Å². The topological polar surface area (TPSA) is 79.2 Å². The Kier molecular flexibility index (Phi) is 5.91. The van der Waals surface area contributed by atoms with Gasteiger partial charge in [-0.1, -0.05) is 30.3 Å². The Hall–Kier alpha value is -2.57. The van der Waals surface area contributed by atoms with Gasteiger partial charge in [-0.25, -0.2) is 4.79 Å². The molecule has 0 radical (unpaired) electrons. The van der Waals surface area contributed by atoms with Crippen LogP contribution >= 0.6 is 0 Å². The van der Waals surface area contributed by atoms with Gasteiger partial charge in [0.1, 0.15) is 0 Å². The van der Waals surface area contributed by atoms with E-state index in [1.807, 2.05) is 12.1 Å². The first-order valence-electron chi connectivity index (χ1n) is 9.38. The van der Waals surface area contributed by atoms with Crippen molar-refractivity contribution in [1.82, 2.24) is 4.90 Å². The summed E-state index contributed by atoms with van der Waals surface area (Å²) in [5, 5.41) is 21.5. The summed E-state index contributed by atoms with van der Waals surface area (Å²) in [6.45, 7) is 1.89. The number of likely N-dealkylation sites (tertiary alicyclic amines) is 1. The molecule has 6 nitrogen and oxygen atoms in total. The predicted molar refractivity (Wildman–Crippen MR) is 106 cm³/mol. The van der Waals surface area contributed by atoms with Gasteiger partial charge in [-0.15, -0.1) is 0 Å². The Morgan fingerprint density at radius 3 is 2.32 bits per heavy atom. The molecule has 3 rings (SSSR count). The van der Waals surface area contributed by atoms with Crippen LogP contribution in [0.3, 0.4) is 0 Å². The smallest absolute Gasteiger partial charge is 0.345 e. The van der Waals surface area contributed by atoms with Crippen molar-refractivity contribution in [1.29, 1.82) is 0 Å². The molecule has 1 atom stereocenters. The summed E-state index contributed by atoms with van der Waals surface area (Å²) in [5.41, 5.74) is -0.656. The van der Waals surface area contributed by atoms with Gasteiger partial charge in [0.05, 0.1) is 14.2 Å². The SMILES string of the molecule is COc1ccc(C(O)(C(=O)O)c2ccccc2C2CCN(C)CC2)cc1OC. The molecule has 0 aliphatic carbocycles. The molecule has 0 bridgehead atoms. The van der Waals surface area contributed by atoms with Crippen LogP contribution < -0.4 is 9.47 Å². The summed E-state index contributed by atoms with van der Waals surface area (Å²) in [6.07, 6.45) is 1.85. The van der Waals surface area contributed by atoms with Crippen LogP contribution in [0.4, 0.5) is 0 Å². The molecule has 1 aliphatic heterocycles. The third-order valence-corrected chi connectivity index (χ3v) is 5.62. The van der Waals surface area contributed by atoms with E-state index in [9.17, 15) is 15.0 Å². The molecular weight excluding hydrogens is 358 g/mol. The quantitative estimate of drug-likeness (QED) is 0.796. The first-order chi connectivity index (χ1) is 13.4. The number of ether oxygens (including phenoxy) is 2. The number of carboxylic acids is 1. The Labute approximate surface area is 165 Å². The predicted octanol–water partition coefficient (Wildman–Crippen LogP) is 2.83. The van der Waals surface area contributed by atoms with Crippen molar-refractivity contribution in [2.75, 3.05) is 34.4 Å². The fourth-order valence-electron chi connectivity index (χ4n) is 3.96. The normalized spacial score (nSPS) is 17.7. The van der Waals surface area contributed by atoms with Gasteiger partial charge in [0.15, 0.2) is 11.5 Å². The average Bonchev–Trinajstić information content (AvgIpc) is 2.73. The minimum absolute atomic E-state index is 0.207. The lowest BCUT2D eigenvalue weighted by Crippen LogP contribution is -2.39. The fourth-order valence-corrected chi connectivity index (χ4v) is 3.96. The van der Waals surface area contributed by atoms with Gasteiger partial charge in [-0.2, -0.15) is 0 Å². The van der Waals surface area contributed by atoms with Crippen molar-refractivity contribution in [2.45, 2.75) is 24.4 Å². The van der Waals surface area contributed by atoms with Crippen LogP contribution in [0.1, 0.15) is 35.4 Å². The Morgan fingerprint density at radius 1 is 1.07 bits per heavy atom. The molecule has 1 heterocycles. The number of methoxy groups -OCH3 is 2. The van der Waals surface area contributed by atoms with E-state index in [1.54, 1.807) is 24.3 Å². The minimum atomic E-state index is -2.18. The van der Waals surface area contributed by atoms with Crippen molar-refractivity contribution in [2.24, 2.45) is 0 Å². The summed E-state index contributed by atoms with van der Waals surface area (Å²) in [4.78, 5) is 14.6. The molecule has 2 aromatic rings. The van der Waals surface area contributed by atoms with Crippen LogP contribution in [0.5, 0.6) is 11.5 Å². The molecule has 1 saturated heterocycles. The second-order valence-corrected chi connectivity index (χ2v) is 7.25. The maximum absolute atomic E-state index is 12.3. The molecule has 1 aliphatic rings. The number of aliphatic carboxylic acids is 1. The number of hydrogen-bond acceptors (Lipinski definition) is 5. The molecule has 0 saturated carbocycles. The number of rotatable bonds is 6. The highest BCUT2D eigenvalue weighted by Crippen LogP contribution is 2.41. The summed E-state index contributed by atoms with van der Waals surface area (Å²) < 4.78 is 10.6. The van der Waals surface area contributed by atoms with Crippen LogP contribution in [0, 0.1) is 0 Å². The van der Waals surface area contributed by atoms with E-state index >= 15 is 0 Å². The first kappa shape index (κ1) is 20.2. The number of carboxylic acid groups (broad SMARTS) is 1. The van der Waals surface area contributed by atoms with E-state index in [0.717, 1.165) is 31.5 Å². The highest BCUT2D eigenvalue weighted by atomic mass is 16.5. The molecule has 150 valence electrons. The molecule has 1 unspecified atom stereocenters. The van der Waals surface area contributed by atoms with Gasteiger partial charge < -0.3 is 24.6 Å². The van der Waals surface area contributed by atoms with Crippen LogP contribution in [-0.4, -0.2) is 55.4 Å². The summed E-state index contributed by atoms with van der Waals surface area (Å²) in [5.74, 6) is -0.266. The number of aliphatic hydroxyl groups is 1. The van der Waals surface area contributed by atoms with Gasteiger partial charge >= 0.3 is 5.97 Å².